The molecule has 8 heteroatoms. The second-order valence-electron chi connectivity index (χ2n) is 4.52. The lowest BCUT2D eigenvalue weighted by atomic mass is 10.3. The molecule has 19 heavy (non-hydrogen) atoms. The molecule has 1 aromatic heterocycles. The summed E-state index contributed by atoms with van der Waals surface area (Å²) in [6.07, 6.45) is 0. The SMILES string of the molecule is CCS(=O)(=O)C1CSCCN1c1nc(C(C)N)cs1. The van der Waals surface area contributed by atoms with Crippen molar-refractivity contribution in [1.29, 1.82) is 0 Å². The number of thioether (sulfide) groups is 1. The maximum absolute atomic E-state index is 12.2. The molecule has 108 valence electrons. The lowest BCUT2D eigenvalue weighted by Crippen LogP contribution is -2.48. The largest absolute Gasteiger partial charge is 0.329 e. The Morgan fingerprint density at radius 3 is 2.95 bits per heavy atom. The van der Waals surface area contributed by atoms with Crippen LogP contribution in [-0.2, 0) is 9.84 Å². The van der Waals surface area contributed by atoms with Crippen LogP contribution in [0.5, 0.6) is 0 Å². The standard InChI is InChI=1S/C11H19N3O2S3/c1-3-19(15,16)10-7-17-5-4-14(10)11-13-9(6-18-11)8(2)12/h6,8,10H,3-5,7,12H2,1-2H3. The van der Waals surface area contributed by atoms with Gasteiger partial charge in [0.05, 0.1) is 5.69 Å². The van der Waals surface area contributed by atoms with Crippen molar-refractivity contribution in [2.24, 2.45) is 5.73 Å². The number of thiazole rings is 1. The summed E-state index contributed by atoms with van der Waals surface area (Å²) < 4.78 is 24.4. The highest BCUT2D eigenvalue weighted by atomic mass is 32.2. The van der Waals surface area contributed by atoms with Gasteiger partial charge < -0.3 is 10.6 Å². The monoisotopic (exact) mass is 321 g/mol. The molecule has 2 rings (SSSR count). The van der Waals surface area contributed by atoms with E-state index in [4.69, 9.17) is 5.73 Å². The number of aromatic nitrogens is 1. The molecule has 0 aliphatic carbocycles. The van der Waals surface area contributed by atoms with E-state index in [0.717, 1.165) is 23.1 Å². The molecule has 1 fully saturated rings. The lowest BCUT2D eigenvalue weighted by Gasteiger charge is -2.34. The summed E-state index contributed by atoms with van der Waals surface area (Å²) in [7, 11) is -3.09. The summed E-state index contributed by atoms with van der Waals surface area (Å²) in [5.41, 5.74) is 6.63. The molecule has 1 aliphatic heterocycles. The fourth-order valence-electron chi connectivity index (χ4n) is 1.91. The zero-order valence-corrected chi connectivity index (χ0v) is 13.5. The van der Waals surface area contributed by atoms with E-state index in [-0.39, 0.29) is 11.8 Å². The van der Waals surface area contributed by atoms with E-state index in [1.54, 1.807) is 18.7 Å². The fourth-order valence-corrected chi connectivity index (χ4v) is 5.95. The number of sulfone groups is 1. The molecule has 5 nitrogen and oxygen atoms in total. The maximum Gasteiger partial charge on any atom is 0.186 e. The molecule has 0 saturated carbocycles. The molecule has 0 bridgehead atoms. The molecule has 1 saturated heterocycles. The minimum absolute atomic E-state index is 0.120. The van der Waals surface area contributed by atoms with Crippen molar-refractivity contribution in [2.45, 2.75) is 25.3 Å². The van der Waals surface area contributed by atoms with Gasteiger partial charge in [-0.3, -0.25) is 0 Å². The number of hydrogen-bond donors (Lipinski definition) is 1. The average molecular weight is 321 g/mol. The first-order valence-corrected chi connectivity index (χ1v) is 9.97. The zero-order valence-electron chi connectivity index (χ0n) is 11.1. The molecule has 1 aromatic rings. The summed E-state index contributed by atoms with van der Waals surface area (Å²) >= 11 is 3.16. The van der Waals surface area contributed by atoms with Gasteiger partial charge >= 0.3 is 0 Å². The normalized spacial score (nSPS) is 22.5. The Hall–Kier alpha value is -0.310. The van der Waals surface area contributed by atoms with Gasteiger partial charge in [-0.1, -0.05) is 6.92 Å². The van der Waals surface area contributed by atoms with Gasteiger partial charge in [-0.2, -0.15) is 11.8 Å². The highest BCUT2D eigenvalue weighted by Gasteiger charge is 2.34. The first-order chi connectivity index (χ1) is 8.95. The number of nitrogens with zero attached hydrogens (tertiary/aromatic N) is 2. The number of nitrogens with two attached hydrogens (primary N) is 1. The molecule has 2 atom stereocenters. The summed E-state index contributed by atoms with van der Waals surface area (Å²) in [4.78, 5) is 6.40. The fraction of sp³-hybridized carbons (Fsp3) is 0.727. The van der Waals surface area contributed by atoms with E-state index in [1.165, 1.54) is 11.3 Å². The Labute approximate surface area is 122 Å². The smallest absolute Gasteiger partial charge is 0.186 e. The van der Waals surface area contributed by atoms with Crippen molar-refractivity contribution in [1.82, 2.24) is 4.98 Å². The lowest BCUT2D eigenvalue weighted by molar-refractivity contribution is 0.579. The Balaban J connectivity index is 2.29. The Bertz CT molecular complexity index is 527. The van der Waals surface area contributed by atoms with E-state index in [9.17, 15) is 8.42 Å². The van der Waals surface area contributed by atoms with E-state index in [2.05, 4.69) is 4.98 Å². The molecule has 2 N–H and O–H groups in total. The van der Waals surface area contributed by atoms with Crippen LogP contribution in [0, 0.1) is 0 Å². The summed E-state index contributed by atoms with van der Waals surface area (Å²) in [6, 6.07) is -0.120. The van der Waals surface area contributed by atoms with Crippen LogP contribution < -0.4 is 10.6 Å². The van der Waals surface area contributed by atoms with Crippen molar-refractivity contribution in [2.75, 3.05) is 28.7 Å². The number of hydrogen-bond acceptors (Lipinski definition) is 7. The van der Waals surface area contributed by atoms with Crippen molar-refractivity contribution < 1.29 is 8.42 Å². The summed E-state index contributed by atoms with van der Waals surface area (Å²) in [5.74, 6) is 1.71. The van der Waals surface area contributed by atoms with Crippen molar-refractivity contribution in [3.63, 3.8) is 0 Å². The predicted octanol–water partition coefficient (Wildman–Crippen LogP) is 1.48. The van der Waals surface area contributed by atoms with Crippen molar-refractivity contribution in [3.8, 4) is 0 Å². The van der Waals surface area contributed by atoms with Crippen LogP contribution in [0.2, 0.25) is 0 Å². The molecule has 1 aliphatic rings. The first-order valence-electron chi connectivity index (χ1n) is 6.22. The minimum Gasteiger partial charge on any atom is -0.329 e. The quantitative estimate of drug-likeness (QED) is 0.905. The van der Waals surface area contributed by atoms with Gasteiger partial charge in [-0.25, -0.2) is 13.4 Å². The third-order valence-electron chi connectivity index (χ3n) is 3.12. The Morgan fingerprint density at radius 2 is 2.37 bits per heavy atom. The molecule has 0 aromatic carbocycles. The van der Waals surface area contributed by atoms with Gasteiger partial charge in [-0.15, -0.1) is 11.3 Å². The summed E-state index contributed by atoms with van der Waals surface area (Å²) in [5, 5.41) is 2.23. The second kappa shape index (κ2) is 5.99. The Kier molecular flexibility index (Phi) is 4.75. The van der Waals surface area contributed by atoms with Crippen molar-refractivity contribution >= 4 is 38.1 Å². The zero-order chi connectivity index (χ0) is 14.0. The molecule has 0 spiro atoms. The van der Waals surface area contributed by atoms with Gasteiger partial charge in [0.15, 0.2) is 15.0 Å². The van der Waals surface area contributed by atoms with Gasteiger partial charge in [0, 0.05) is 35.2 Å². The van der Waals surface area contributed by atoms with Gasteiger partial charge in [0.25, 0.3) is 0 Å². The molecule has 2 heterocycles. The topological polar surface area (TPSA) is 76.3 Å². The van der Waals surface area contributed by atoms with E-state index in [1.807, 2.05) is 17.2 Å². The molecule has 0 radical (unpaired) electrons. The van der Waals surface area contributed by atoms with Gasteiger partial charge in [-0.05, 0) is 6.92 Å². The van der Waals surface area contributed by atoms with Crippen LogP contribution in [0.1, 0.15) is 25.6 Å². The molecular weight excluding hydrogens is 302 g/mol. The van der Waals surface area contributed by atoms with Gasteiger partial charge in [0.1, 0.15) is 5.37 Å². The third-order valence-corrected chi connectivity index (χ3v) is 7.31. The van der Waals surface area contributed by atoms with E-state index < -0.39 is 15.2 Å². The Morgan fingerprint density at radius 1 is 1.63 bits per heavy atom. The second-order valence-corrected chi connectivity index (χ2v) is 8.95. The van der Waals surface area contributed by atoms with Crippen LogP contribution >= 0.6 is 23.1 Å². The number of anilines is 1. The minimum atomic E-state index is -3.09. The van der Waals surface area contributed by atoms with E-state index in [0.29, 0.717) is 5.75 Å². The van der Waals surface area contributed by atoms with Crippen LogP contribution in [0.3, 0.4) is 0 Å². The maximum atomic E-state index is 12.2. The van der Waals surface area contributed by atoms with Crippen molar-refractivity contribution in [3.05, 3.63) is 11.1 Å². The highest BCUT2D eigenvalue weighted by Crippen LogP contribution is 2.30. The predicted molar refractivity (Wildman–Crippen MR) is 82.6 cm³/mol. The van der Waals surface area contributed by atoms with Crippen LogP contribution in [-0.4, -0.2) is 42.6 Å². The van der Waals surface area contributed by atoms with Crippen LogP contribution in [0.15, 0.2) is 5.38 Å². The van der Waals surface area contributed by atoms with E-state index >= 15 is 0 Å². The average Bonchev–Trinajstić information content (AvgIpc) is 2.88. The van der Waals surface area contributed by atoms with Crippen LogP contribution in [0.25, 0.3) is 0 Å². The van der Waals surface area contributed by atoms with Crippen LogP contribution in [0.4, 0.5) is 5.13 Å². The molecule has 0 amide bonds. The molecule has 2 unspecified atom stereocenters. The highest BCUT2D eigenvalue weighted by molar-refractivity contribution is 8.01. The third kappa shape index (κ3) is 3.24. The summed E-state index contributed by atoms with van der Waals surface area (Å²) in [6.45, 7) is 4.30. The molecular formula is C11H19N3O2S3. The first kappa shape index (κ1) is 15.1. The van der Waals surface area contributed by atoms with Gasteiger partial charge in [0.2, 0.25) is 0 Å². The number of rotatable bonds is 4.